The minimum Gasteiger partial charge on any atom is -0.494 e. The van der Waals surface area contributed by atoms with Crippen LogP contribution in [0.1, 0.15) is 59.2 Å². The molecule has 5 rings (SSSR count). The van der Waals surface area contributed by atoms with Gasteiger partial charge in [0.15, 0.2) is 0 Å². The van der Waals surface area contributed by atoms with Crippen molar-refractivity contribution in [3.63, 3.8) is 0 Å². The van der Waals surface area contributed by atoms with E-state index in [1.54, 1.807) is 66.3 Å². The summed E-state index contributed by atoms with van der Waals surface area (Å²) in [5, 5.41) is 19.2. The SMILES string of the molecule is CC(C)[C@@H]1NC(=O)c2cccc(c2)CNC(=O)c2ccc(cc2)OCCCn2cc(nn2)CNC(=O)[C@@H](C)NC1=O. The minimum atomic E-state index is -0.869. The third kappa shape index (κ3) is 8.13. The fourth-order valence-electron chi connectivity index (χ4n) is 4.21. The Hall–Kier alpha value is -4.74. The van der Waals surface area contributed by atoms with Crippen LogP contribution in [0.15, 0.2) is 54.7 Å². The Balaban J connectivity index is 1.51. The molecule has 0 saturated heterocycles. The predicted octanol–water partition coefficient (Wildman–Crippen LogP) is 1.57. The highest BCUT2D eigenvalue weighted by molar-refractivity contribution is 5.98. The molecule has 1 aromatic heterocycles. The Kier molecular flexibility index (Phi) is 9.67. The topological polar surface area (TPSA) is 156 Å². The smallest absolute Gasteiger partial charge is 0.251 e. The molecule has 3 aromatic rings. The Morgan fingerprint density at radius 3 is 2.44 bits per heavy atom. The van der Waals surface area contributed by atoms with Crippen molar-refractivity contribution in [3.8, 4) is 5.75 Å². The Morgan fingerprint density at radius 1 is 0.902 bits per heavy atom. The van der Waals surface area contributed by atoms with Gasteiger partial charge in [-0.2, -0.15) is 0 Å². The zero-order valence-corrected chi connectivity index (χ0v) is 23.3. The maximum atomic E-state index is 13.1. The largest absolute Gasteiger partial charge is 0.494 e. The Bertz CT molecular complexity index is 1390. The number of carbonyl (C=O) groups is 4. The fraction of sp³-hybridized carbons (Fsp3) is 0.379. The zero-order valence-electron chi connectivity index (χ0n) is 23.3. The summed E-state index contributed by atoms with van der Waals surface area (Å²) in [4.78, 5) is 51.4. The van der Waals surface area contributed by atoms with Crippen LogP contribution in [0.2, 0.25) is 0 Å². The Labute approximate surface area is 238 Å². The molecule has 0 fully saturated rings. The maximum Gasteiger partial charge on any atom is 0.251 e. The van der Waals surface area contributed by atoms with E-state index < -0.39 is 29.8 Å². The van der Waals surface area contributed by atoms with Gasteiger partial charge in [0.25, 0.3) is 11.8 Å². The molecule has 0 spiro atoms. The molecule has 6 bridgehead atoms. The average molecular weight is 562 g/mol. The number of hydrogen-bond donors (Lipinski definition) is 4. The molecule has 0 saturated carbocycles. The van der Waals surface area contributed by atoms with E-state index in [0.29, 0.717) is 42.1 Å². The molecule has 0 radical (unpaired) electrons. The second kappa shape index (κ2) is 13.6. The molecule has 12 heteroatoms. The van der Waals surface area contributed by atoms with Gasteiger partial charge in [-0.1, -0.05) is 31.2 Å². The summed E-state index contributed by atoms with van der Waals surface area (Å²) in [5.74, 6) is -1.16. The Morgan fingerprint density at radius 2 is 1.68 bits per heavy atom. The van der Waals surface area contributed by atoms with Crippen molar-refractivity contribution in [1.29, 1.82) is 0 Å². The van der Waals surface area contributed by atoms with Crippen LogP contribution in [0.3, 0.4) is 0 Å². The first-order valence-electron chi connectivity index (χ1n) is 13.6. The number of fused-ring (bicyclic) bond motifs is 15. The summed E-state index contributed by atoms with van der Waals surface area (Å²) in [6, 6.07) is 12.0. The van der Waals surface area contributed by atoms with Gasteiger partial charge in [-0.05, 0) is 54.8 Å². The number of ether oxygens (including phenoxy) is 1. The van der Waals surface area contributed by atoms with Gasteiger partial charge in [-0.25, -0.2) is 0 Å². The highest BCUT2D eigenvalue weighted by Gasteiger charge is 2.27. The molecular formula is C29H35N7O5. The van der Waals surface area contributed by atoms with Crippen molar-refractivity contribution in [2.45, 2.75) is 58.9 Å². The van der Waals surface area contributed by atoms with E-state index in [4.69, 9.17) is 4.74 Å². The number of rotatable bonds is 1. The van der Waals surface area contributed by atoms with Crippen LogP contribution < -0.4 is 26.0 Å². The highest BCUT2D eigenvalue weighted by Crippen LogP contribution is 2.14. The van der Waals surface area contributed by atoms with Crippen LogP contribution in [0.5, 0.6) is 5.75 Å². The second-order valence-electron chi connectivity index (χ2n) is 10.2. The van der Waals surface area contributed by atoms with Crippen LogP contribution in [-0.4, -0.2) is 57.3 Å². The maximum absolute atomic E-state index is 13.1. The molecule has 216 valence electrons. The van der Waals surface area contributed by atoms with E-state index in [1.807, 2.05) is 13.8 Å². The molecule has 12 nitrogen and oxygen atoms in total. The van der Waals surface area contributed by atoms with E-state index in [0.717, 1.165) is 5.56 Å². The van der Waals surface area contributed by atoms with Crippen molar-refractivity contribution in [2.75, 3.05) is 6.61 Å². The molecule has 0 aliphatic carbocycles. The third-order valence-electron chi connectivity index (χ3n) is 6.58. The van der Waals surface area contributed by atoms with Gasteiger partial charge in [0.2, 0.25) is 11.8 Å². The van der Waals surface area contributed by atoms with Gasteiger partial charge >= 0.3 is 0 Å². The average Bonchev–Trinajstić information content (AvgIpc) is 3.42. The van der Waals surface area contributed by atoms with Crippen molar-refractivity contribution >= 4 is 23.6 Å². The lowest BCUT2D eigenvalue weighted by Crippen LogP contribution is -2.54. The summed E-state index contributed by atoms with van der Waals surface area (Å²) in [6.07, 6.45) is 2.41. The fourth-order valence-corrected chi connectivity index (χ4v) is 4.21. The first kappa shape index (κ1) is 29.2. The molecule has 4 amide bonds. The van der Waals surface area contributed by atoms with Gasteiger partial charge in [-0.3, -0.25) is 23.9 Å². The standard InChI is InChI=1S/C29H35N7O5/c1-18(2)25-29(40)32-19(3)26(37)31-16-23-17-36(35-34-23)12-5-13-41-24-10-8-21(9-11-24)27(38)30-15-20-6-4-7-22(14-20)28(39)33-25/h4,6-11,14,17-19,25H,5,12-13,15-16H2,1-3H3,(H,30,38)(H,31,37)(H,32,40)(H,33,39)/t19-,25+/m1/s1. The van der Waals surface area contributed by atoms with E-state index in [2.05, 4.69) is 31.6 Å². The summed E-state index contributed by atoms with van der Waals surface area (Å²) < 4.78 is 7.44. The van der Waals surface area contributed by atoms with Crippen molar-refractivity contribution in [1.82, 2.24) is 36.3 Å². The number of amides is 4. The number of hydrogen-bond acceptors (Lipinski definition) is 7. The molecule has 3 heterocycles. The molecular weight excluding hydrogens is 526 g/mol. The number of benzene rings is 2. The van der Waals surface area contributed by atoms with Crippen molar-refractivity contribution in [3.05, 3.63) is 77.1 Å². The van der Waals surface area contributed by atoms with Gasteiger partial charge in [0, 0.05) is 30.6 Å². The number of aromatic nitrogens is 3. The minimum absolute atomic E-state index is 0.149. The number of nitrogens with one attached hydrogen (secondary N) is 4. The van der Waals surface area contributed by atoms with Crippen LogP contribution in [-0.2, 0) is 29.2 Å². The lowest BCUT2D eigenvalue weighted by atomic mass is 10.0. The summed E-state index contributed by atoms with van der Waals surface area (Å²) in [5.41, 5.74) is 2.12. The molecule has 2 atom stereocenters. The van der Waals surface area contributed by atoms with E-state index in [-0.39, 0.29) is 24.9 Å². The van der Waals surface area contributed by atoms with Crippen molar-refractivity contribution in [2.24, 2.45) is 5.92 Å². The van der Waals surface area contributed by atoms with Crippen LogP contribution in [0, 0.1) is 5.92 Å². The van der Waals surface area contributed by atoms with Gasteiger partial charge < -0.3 is 26.0 Å². The first-order valence-corrected chi connectivity index (χ1v) is 13.6. The van der Waals surface area contributed by atoms with Crippen LogP contribution in [0.25, 0.3) is 0 Å². The molecule has 2 aliphatic rings. The van der Waals surface area contributed by atoms with Crippen molar-refractivity contribution < 1.29 is 23.9 Å². The number of carbonyl (C=O) groups excluding carboxylic acids is 4. The molecule has 2 aliphatic heterocycles. The van der Waals surface area contributed by atoms with Gasteiger partial charge in [-0.15, -0.1) is 5.10 Å². The van der Waals surface area contributed by atoms with Gasteiger partial charge in [0.1, 0.15) is 23.5 Å². The molecule has 4 N–H and O–H groups in total. The molecule has 2 aromatic carbocycles. The first-order chi connectivity index (χ1) is 19.7. The number of aryl methyl sites for hydroxylation is 1. The lowest BCUT2D eigenvalue weighted by Gasteiger charge is -2.24. The summed E-state index contributed by atoms with van der Waals surface area (Å²) >= 11 is 0. The molecule has 41 heavy (non-hydrogen) atoms. The van der Waals surface area contributed by atoms with E-state index in [9.17, 15) is 19.2 Å². The highest BCUT2D eigenvalue weighted by atomic mass is 16.5. The monoisotopic (exact) mass is 561 g/mol. The summed E-state index contributed by atoms with van der Waals surface area (Å²) in [6.45, 7) is 6.56. The third-order valence-corrected chi connectivity index (χ3v) is 6.58. The normalized spacial score (nSPS) is 19.5. The van der Waals surface area contributed by atoms with E-state index >= 15 is 0 Å². The van der Waals surface area contributed by atoms with Crippen LogP contribution in [0.4, 0.5) is 0 Å². The summed E-state index contributed by atoms with van der Waals surface area (Å²) in [7, 11) is 0. The number of nitrogens with zero attached hydrogens (tertiary/aromatic N) is 3. The second-order valence-corrected chi connectivity index (χ2v) is 10.2. The van der Waals surface area contributed by atoms with Crippen LogP contribution >= 0.6 is 0 Å². The lowest BCUT2D eigenvalue weighted by molar-refractivity contribution is -0.130. The quantitative estimate of drug-likeness (QED) is 0.329. The van der Waals surface area contributed by atoms with Gasteiger partial charge in [0.05, 0.1) is 19.3 Å². The zero-order chi connectivity index (χ0) is 29.4. The molecule has 0 unspecified atom stereocenters. The predicted molar refractivity (Wildman–Crippen MR) is 150 cm³/mol. The van der Waals surface area contributed by atoms with E-state index in [1.165, 1.54) is 0 Å².